The molecule has 0 aromatic carbocycles. The van der Waals surface area contributed by atoms with Crippen LogP contribution in [0.15, 0.2) is 0 Å². The first-order valence-electron chi connectivity index (χ1n) is 10.6. The van der Waals surface area contributed by atoms with Gasteiger partial charge in [-0.05, 0) is 0 Å². The predicted octanol–water partition coefficient (Wildman–Crippen LogP) is -7.57. The molecule has 34 heavy (non-hydrogen) atoms. The summed E-state index contributed by atoms with van der Waals surface area (Å²) in [6.45, 7) is -2.33. The van der Waals surface area contributed by atoms with Crippen molar-refractivity contribution in [3.05, 3.63) is 0 Å². The third-order valence-corrected chi connectivity index (χ3v) is 6.09. The standard InChI is InChI=1S/C18H32O16/c19-1-4-7(22)10(25)11(26)17(31-4)34-15-9(24)6(3-21)32-18(13(15)28)33-14-8(23)5(2-20)30-16(29)12(14)27/h4-29H,1-3H2/t4-,5-,6-,7-,8-,9-,10+,11-,12-,13-,14?,15+,16-,17?,18+/m1/s1. The zero-order valence-corrected chi connectivity index (χ0v) is 17.7. The van der Waals surface area contributed by atoms with E-state index in [1.54, 1.807) is 0 Å². The summed E-state index contributed by atoms with van der Waals surface area (Å²) in [4.78, 5) is 0. The van der Waals surface area contributed by atoms with Gasteiger partial charge < -0.3 is 79.9 Å². The molecule has 16 heteroatoms. The van der Waals surface area contributed by atoms with Gasteiger partial charge in [0.2, 0.25) is 0 Å². The van der Waals surface area contributed by atoms with Crippen molar-refractivity contribution in [2.24, 2.45) is 0 Å². The molecule has 2 unspecified atom stereocenters. The Morgan fingerprint density at radius 2 is 0.853 bits per heavy atom. The van der Waals surface area contributed by atoms with Gasteiger partial charge >= 0.3 is 0 Å². The average molecular weight is 504 g/mol. The van der Waals surface area contributed by atoms with Gasteiger partial charge in [0.15, 0.2) is 18.9 Å². The van der Waals surface area contributed by atoms with Crippen LogP contribution in [0.2, 0.25) is 0 Å². The van der Waals surface area contributed by atoms with Gasteiger partial charge in [-0.15, -0.1) is 0 Å². The van der Waals surface area contributed by atoms with Crippen LogP contribution >= 0.6 is 0 Å². The van der Waals surface area contributed by atoms with E-state index in [9.17, 15) is 56.2 Å². The Hall–Kier alpha value is -0.640. The van der Waals surface area contributed by atoms with E-state index in [1.165, 1.54) is 0 Å². The summed E-state index contributed by atoms with van der Waals surface area (Å²) < 4.78 is 26.2. The first-order chi connectivity index (χ1) is 16.0. The molecular weight excluding hydrogens is 472 g/mol. The average Bonchev–Trinajstić information content (AvgIpc) is 2.82. The van der Waals surface area contributed by atoms with Crippen molar-refractivity contribution in [1.29, 1.82) is 0 Å². The Morgan fingerprint density at radius 3 is 1.35 bits per heavy atom. The lowest BCUT2D eigenvalue weighted by Crippen LogP contribution is -2.66. The van der Waals surface area contributed by atoms with Crippen LogP contribution in [0.25, 0.3) is 0 Å². The van der Waals surface area contributed by atoms with Crippen molar-refractivity contribution in [2.75, 3.05) is 19.8 Å². The van der Waals surface area contributed by atoms with Gasteiger partial charge in [0.25, 0.3) is 0 Å². The molecule has 0 spiro atoms. The van der Waals surface area contributed by atoms with Crippen LogP contribution in [0.1, 0.15) is 0 Å². The predicted molar refractivity (Wildman–Crippen MR) is 101 cm³/mol. The highest BCUT2D eigenvalue weighted by Gasteiger charge is 2.53. The molecule has 3 aliphatic heterocycles. The summed E-state index contributed by atoms with van der Waals surface area (Å²) >= 11 is 0. The Labute approximate surface area is 192 Å². The van der Waals surface area contributed by atoms with E-state index in [0.717, 1.165) is 0 Å². The molecule has 0 aromatic rings. The summed E-state index contributed by atoms with van der Waals surface area (Å²) in [5, 5.41) is 110. The SMILES string of the molecule is OC[C@H]1OC(O[C@@H]2[C@@H](O)[C@H](OC3[C@@H](O)[C@H](O)O[C@H](CO)[C@H]3O)O[C@H](CO)[C@H]2O)[C@H](O)[C@@H](O)[C@@H]1O. The van der Waals surface area contributed by atoms with Gasteiger partial charge in [0, 0.05) is 0 Å². The highest BCUT2D eigenvalue weighted by Crippen LogP contribution is 2.32. The number of ether oxygens (including phenoxy) is 5. The molecule has 16 nitrogen and oxygen atoms in total. The monoisotopic (exact) mass is 504 g/mol. The van der Waals surface area contributed by atoms with Crippen LogP contribution in [0.5, 0.6) is 0 Å². The summed E-state index contributed by atoms with van der Waals surface area (Å²) in [6.07, 6.45) is -25.5. The molecule has 11 N–H and O–H groups in total. The molecule has 3 saturated heterocycles. The van der Waals surface area contributed by atoms with Crippen molar-refractivity contribution >= 4 is 0 Å². The minimum Gasteiger partial charge on any atom is -0.394 e. The zero-order chi connectivity index (χ0) is 25.3. The van der Waals surface area contributed by atoms with E-state index in [2.05, 4.69) is 0 Å². The van der Waals surface area contributed by atoms with Crippen molar-refractivity contribution < 1.29 is 79.9 Å². The fraction of sp³-hybridized carbons (Fsp3) is 1.00. The Bertz CT molecular complexity index is 639. The third-order valence-electron chi connectivity index (χ3n) is 6.09. The van der Waals surface area contributed by atoms with E-state index in [1.807, 2.05) is 0 Å². The number of aliphatic hydroxyl groups excluding tert-OH is 11. The number of hydrogen-bond donors (Lipinski definition) is 11. The molecule has 3 fully saturated rings. The molecule has 0 saturated carbocycles. The van der Waals surface area contributed by atoms with Crippen LogP contribution in [-0.2, 0) is 23.7 Å². The van der Waals surface area contributed by atoms with Crippen molar-refractivity contribution in [1.82, 2.24) is 0 Å². The van der Waals surface area contributed by atoms with Gasteiger partial charge in [-0.3, -0.25) is 0 Å². The smallest absolute Gasteiger partial charge is 0.187 e. The molecule has 0 bridgehead atoms. The molecule has 0 aliphatic carbocycles. The minimum atomic E-state index is -1.92. The van der Waals surface area contributed by atoms with Gasteiger partial charge in [-0.25, -0.2) is 0 Å². The summed E-state index contributed by atoms with van der Waals surface area (Å²) in [5.74, 6) is 0. The lowest BCUT2D eigenvalue weighted by atomic mass is 9.96. The van der Waals surface area contributed by atoms with E-state index in [4.69, 9.17) is 23.7 Å². The van der Waals surface area contributed by atoms with Gasteiger partial charge in [-0.1, -0.05) is 0 Å². The highest BCUT2D eigenvalue weighted by atomic mass is 16.7. The maximum atomic E-state index is 10.7. The first-order valence-corrected chi connectivity index (χ1v) is 10.6. The maximum absolute atomic E-state index is 10.7. The Morgan fingerprint density at radius 1 is 0.441 bits per heavy atom. The quantitative estimate of drug-likeness (QED) is 0.154. The summed E-state index contributed by atoms with van der Waals surface area (Å²) in [6, 6.07) is 0. The lowest BCUT2D eigenvalue weighted by Gasteiger charge is -2.47. The van der Waals surface area contributed by atoms with E-state index >= 15 is 0 Å². The van der Waals surface area contributed by atoms with Gasteiger partial charge in [0.1, 0.15) is 73.2 Å². The molecule has 200 valence electrons. The minimum absolute atomic E-state index is 0.750. The molecule has 0 aromatic heterocycles. The second-order valence-electron chi connectivity index (χ2n) is 8.33. The van der Waals surface area contributed by atoms with Crippen LogP contribution in [0, 0.1) is 0 Å². The van der Waals surface area contributed by atoms with Crippen molar-refractivity contribution in [2.45, 2.75) is 92.1 Å². The van der Waals surface area contributed by atoms with E-state index in [-0.39, 0.29) is 0 Å². The summed E-state index contributed by atoms with van der Waals surface area (Å²) in [5.41, 5.74) is 0. The van der Waals surface area contributed by atoms with Gasteiger partial charge in [0.05, 0.1) is 19.8 Å². The summed E-state index contributed by atoms with van der Waals surface area (Å²) in [7, 11) is 0. The topological polar surface area (TPSA) is 269 Å². The molecule has 15 atom stereocenters. The van der Waals surface area contributed by atoms with Crippen LogP contribution in [0.3, 0.4) is 0 Å². The Kier molecular flexibility index (Phi) is 9.54. The van der Waals surface area contributed by atoms with Crippen LogP contribution < -0.4 is 0 Å². The third kappa shape index (κ3) is 5.37. The molecule has 0 amide bonds. The molecule has 3 heterocycles. The Balaban J connectivity index is 1.78. The molecule has 0 radical (unpaired) electrons. The lowest BCUT2D eigenvalue weighted by molar-refractivity contribution is -0.379. The zero-order valence-electron chi connectivity index (χ0n) is 17.7. The fourth-order valence-corrected chi connectivity index (χ4v) is 4.04. The van der Waals surface area contributed by atoms with Crippen LogP contribution in [-0.4, -0.2) is 168 Å². The fourth-order valence-electron chi connectivity index (χ4n) is 4.04. The second-order valence-corrected chi connectivity index (χ2v) is 8.33. The largest absolute Gasteiger partial charge is 0.394 e. The number of hydrogen-bond acceptors (Lipinski definition) is 16. The number of aliphatic hydroxyl groups is 11. The molecule has 3 aliphatic rings. The van der Waals surface area contributed by atoms with Crippen molar-refractivity contribution in [3.63, 3.8) is 0 Å². The number of rotatable bonds is 7. The normalized spacial score (nSPS) is 52.5. The van der Waals surface area contributed by atoms with Gasteiger partial charge in [-0.2, -0.15) is 0 Å². The van der Waals surface area contributed by atoms with Crippen LogP contribution in [0.4, 0.5) is 0 Å². The second kappa shape index (κ2) is 11.6. The molecule has 3 rings (SSSR count). The highest BCUT2D eigenvalue weighted by molar-refractivity contribution is 4.96. The van der Waals surface area contributed by atoms with E-state index < -0.39 is 112 Å². The molecular formula is C18H32O16. The van der Waals surface area contributed by atoms with Crippen molar-refractivity contribution in [3.8, 4) is 0 Å². The first kappa shape index (κ1) is 27.9. The maximum Gasteiger partial charge on any atom is 0.187 e. The van der Waals surface area contributed by atoms with E-state index in [0.29, 0.717) is 0 Å².